The molecule has 5 aromatic rings. The molecule has 5 rings (SSSR count). The Hall–Kier alpha value is -2.45. The minimum atomic E-state index is -0.183. The maximum Gasteiger partial charge on any atom is 0.123 e. The third-order valence-electron chi connectivity index (χ3n) is 4.50. The fraction of sp³-hybridized carbons (Fsp3) is 0.0476. The molecule has 4 aromatic carbocycles. The van der Waals surface area contributed by atoms with Crippen molar-refractivity contribution in [2.45, 2.75) is 6.92 Å². The molecule has 0 unspecified atom stereocenters. The molecule has 0 radical (unpaired) electrons. The highest BCUT2D eigenvalue weighted by atomic mass is 32.1. The van der Waals surface area contributed by atoms with Gasteiger partial charge in [-0.1, -0.05) is 29.8 Å². The third kappa shape index (κ3) is 1.95. The van der Waals surface area contributed by atoms with Crippen molar-refractivity contribution in [3.05, 3.63) is 72.0 Å². The van der Waals surface area contributed by atoms with Crippen molar-refractivity contribution in [3.8, 4) is 0 Å². The van der Waals surface area contributed by atoms with Gasteiger partial charge in [-0.2, -0.15) is 0 Å². The van der Waals surface area contributed by atoms with Gasteiger partial charge in [0, 0.05) is 20.2 Å². The first kappa shape index (κ1) is 13.0. The molecule has 0 fully saturated rings. The van der Waals surface area contributed by atoms with Crippen LogP contribution in [0.4, 0.5) is 4.39 Å². The molecule has 23 heavy (non-hydrogen) atoms. The molecule has 0 atom stereocenters. The van der Waals surface area contributed by atoms with Gasteiger partial charge in [-0.3, -0.25) is 0 Å². The predicted molar refractivity (Wildman–Crippen MR) is 99.0 cm³/mol. The highest BCUT2D eigenvalue weighted by Gasteiger charge is 2.08. The summed E-state index contributed by atoms with van der Waals surface area (Å²) in [6, 6.07) is 20.4. The Labute approximate surface area is 136 Å². The Kier molecular flexibility index (Phi) is 2.56. The summed E-state index contributed by atoms with van der Waals surface area (Å²) in [5.74, 6) is -0.183. The van der Waals surface area contributed by atoms with Gasteiger partial charge in [0.05, 0.1) is 0 Å². The van der Waals surface area contributed by atoms with E-state index in [2.05, 4.69) is 49.4 Å². The molecule has 0 spiro atoms. The highest BCUT2D eigenvalue weighted by Crippen LogP contribution is 2.38. The van der Waals surface area contributed by atoms with Gasteiger partial charge in [-0.25, -0.2) is 4.39 Å². The van der Waals surface area contributed by atoms with E-state index in [0.717, 1.165) is 10.8 Å². The standard InChI is InChI=1S/C21H13FS/c1-12-2-3-13-8-18-19-9-16-7-17(22)5-4-14(16)10-20(19)23-21(18)11-15(13)6-12/h2-11H,1H3. The van der Waals surface area contributed by atoms with E-state index in [9.17, 15) is 4.39 Å². The van der Waals surface area contributed by atoms with Crippen LogP contribution in [0, 0.1) is 12.7 Å². The van der Waals surface area contributed by atoms with E-state index in [1.807, 2.05) is 17.4 Å². The molecular weight excluding hydrogens is 303 g/mol. The van der Waals surface area contributed by atoms with Crippen molar-refractivity contribution in [2.75, 3.05) is 0 Å². The quantitative estimate of drug-likeness (QED) is 0.294. The molecule has 2 heteroatoms. The van der Waals surface area contributed by atoms with E-state index in [1.165, 1.54) is 42.6 Å². The first-order valence-corrected chi connectivity index (χ1v) is 8.45. The number of hydrogen-bond donors (Lipinski definition) is 0. The summed E-state index contributed by atoms with van der Waals surface area (Å²) in [5, 5.41) is 7.05. The molecule has 0 aliphatic heterocycles. The van der Waals surface area contributed by atoms with Crippen molar-refractivity contribution in [1.82, 2.24) is 0 Å². The summed E-state index contributed by atoms with van der Waals surface area (Å²) in [4.78, 5) is 0. The van der Waals surface area contributed by atoms with Gasteiger partial charge in [-0.05, 0) is 64.9 Å². The van der Waals surface area contributed by atoms with Gasteiger partial charge in [0.15, 0.2) is 0 Å². The lowest BCUT2D eigenvalue weighted by molar-refractivity contribution is 0.630. The van der Waals surface area contributed by atoms with Crippen LogP contribution in [0.15, 0.2) is 60.7 Å². The lowest BCUT2D eigenvalue weighted by atomic mass is 10.0. The molecule has 0 saturated heterocycles. The van der Waals surface area contributed by atoms with Crippen molar-refractivity contribution in [2.24, 2.45) is 0 Å². The van der Waals surface area contributed by atoms with E-state index in [1.54, 1.807) is 6.07 Å². The Balaban J connectivity index is 1.94. The van der Waals surface area contributed by atoms with Gasteiger partial charge in [0.25, 0.3) is 0 Å². The van der Waals surface area contributed by atoms with Crippen LogP contribution in [0.5, 0.6) is 0 Å². The van der Waals surface area contributed by atoms with Crippen LogP contribution in [-0.2, 0) is 0 Å². The summed E-state index contributed by atoms with van der Waals surface area (Å²) < 4.78 is 16.1. The molecule has 0 nitrogen and oxygen atoms in total. The minimum absolute atomic E-state index is 0.183. The average molecular weight is 316 g/mol. The maximum atomic E-state index is 13.5. The van der Waals surface area contributed by atoms with Gasteiger partial charge in [0.2, 0.25) is 0 Å². The van der Waals surface area contributed by atoms with Crippen LogP contribution in [0.25, 0.3) is 41.7 Å². The predicted octanol–water partition coefficient (Wildman–Crippen LogP) is 6.81. The zero-order valence-corrected chi connectivity index (χ0v) is 13.4. The lowest BCUT2D eigenvalue weighted by Crippen LogP contribution is -1.77. The Morgan fingerprint density at radius 1 is 0.652 bits per heavy atom. The normalized spacial score (nSPS) is 11.9. The zero-order valence-electron chi connectivity index (χ0n) is 12.6. The fourth-order valence-corrected chi connectivity index (χ4v) is 4.52. The summed E-state index contributed by atoms with van der Waals surface area (Å²) >= 11 is 1.81. The van der Waals surface area contributed by atoms with Crippen molar-refractivity contribution < 1.29 is 4.39 Å². The maximum absolute atomic E-state index is 13.5. The van der Waals surface area contributed by atoms with E-state index in [4.69, 9.17) is 0 Å². The van der Waals surface area contributed by atoms with Crippen LogP contribution in [-0.4, -0.2) is 0 Å². The van der Waals surface area contributed by atoms with Crippen LogP contribution < -0.4 is 0 Å². The topological polar surface area (TPSA) is 0 Å². The second-order valence-corrected chi connectivity index (χ2v) is 7.22. The molecule has 0 saturated carbocycles. The van der Waals surface area contributed by atoms with E-state index in [-0.39, 0.29) is 5.82 Å². The molecular formula is C21H13FS. The first-order valence-electron chi connectivity index (χ1n) is 7.63. The van der Waals surface area contributed by atoms with Crippen molar-refractivity contribution >= 4 is 53.1 Å². The van der Waals surface area contributed by atoms with Gasteiger partial charge >= 0.3 is 0 Å². The molecule has 0 bridgehead atoms. The molecule has 0 aliphatic rings. The lowest BCUT2D eigenvalue weighted by Gasteiger charge is -2.01. The molecule has 0 N–H and O–H groups in total. The van der Waals surface area contributed by atoms with Crippen LogP contribution in [0.3, 0.4) is 0 Å². The van der Waals surface area contributed by atoms with E-state index >= 15 is 0 Å². The van der Waals surface area contributed by atoms with Crippen LogP contribution in [0.1, 0.15) is 5.56 Å². The second-order valence-electron chi connectivity index (χ2n) is 6.14. The van der Waals surface area contributed by atoms with Gasteiger partial charge < -0.3 is 0 Å². The molecule has 0 amide bonds. The fourth-order valence-electron chi connectivity index (χ4n) is 3.35. The highest BCUT2D eigenvalue weighted by molar-refractivity contribution is 7.26. The average Bonchev–Trinajstić information content (AvgIpc) is 2.87. The van der Waals surface area contributed by atoms with Gasteiger partial charge in [0.1, 0.15) is 5.82 Å². The third-order valence-corrected chi connectivity index (χ3v) is 5.62. The number of fused-ring (bicyclic) bond motifs is 5. The Bertz CT molecular complexity index is 1230. The van der Waals surface area contributed by atoms with Crippen LogP contribution >= 0.6 is 11.3 Å². The number of aryl methyl sites for hydroxylation is 1. The molecule has 0 aliphatic carbocycles. The zero-order chi connectivity index (χ0) is 15.6. The van der Waals surface area contributed by atoms with E-state index in [0.29, 0.717) is 0 Å². The van der Waals surface area contributed by atoms with Gasteiger partial charge in [-0.15, -0.1) is 11.3 Å². The second kappa shape index (κ2) is 4.53. The molecule has 1 heterocycles. The van der Waals surface area contributed by atoms with Crippen LogP contribution in [0.2, 0.25) is 0 Å². The summed E-state index contributed by atoms with van der Waals surface area (Å²) in [7, 11) is 0. The largest absolute Gasteiger partial charge is 0.207 e. The summed E-state index contributed by atoms with van der Waals surface area (Å²) in [5.41, 5.74) is 1.28. The number of hydrogen-bond acceptors (Lipinski definition) is 1. The number of benzene rings is 4. The summed E-state index contributed by atoms with van der Waals surface area (Å²) in [6.07, 6.45) is 0. The summed E-state index contributed by atoms with van der Waals surface area (Å²) in [6.45, 7) is 2.12. The minimum Gasteiger partial charge on any atom is -0.207 e. The SMILES string of the molecule is Cc1ccc2cc3c(cc2c1)sc1cc2ccc(F)cc2cc13. The monoisotopic (exact) mass is 316 g/mol. The number of thiophene rings is 1. The Morgan fingerprint density at radius 3 is 2.09 bits per heavy atom. The first-order chi connectivity index (χ1) is 11.2. The number of rotatable bonds is 0. The number of halogens is 1. The molecule has 110 valence electrons. The molecule has 1 aromatic heterocycles. The van der Waals surface area contributed by atoms with Crippen molar-refractivity contribution in [3.63, 3.8) is 0 Å². The Morgan fingerprint density at radius 2 is 1.26 bits per heavy atom. The smallest absolute Gasteiger partial charge is 0.123 e. The van der Waals surface area contributed by atoms with Crippen molar-refractivity contribution in [1.29, 1.82) is 0 Å². The van der Waals surface area contributed by atoms with E-state index < -0.39 is 0 Å².